The fourth-order valence-electron chi connectivity index (χ4n) is 2.53. The molecule has 1 aliphatic heterocycles. The van der Waals surface area contributed by atoms with Gasteiger partial charge in [-0.1, -0.05) is 0 Å². The van der Waals surface area contributed by atoms with E-state index in [4.69, 9.17) is 9.47 Å². The van der Waals surface area contributed by atoms with E-state index in [-0.39, 0.29) is 11.8 Å². The molecule has 7 nitrogen and oxygen atoms in total. The van der Waals surface area contributed by atoms with Gasteiger partial charge in [0.05, 0.1) is 25.7 Å². The van der Waals surface area contributed by atoms with Crippen LogP contribution in [0.2, 0.25) is 0 Å². The topological polar surface area (TPSA) is 72.0 Å². The summed E-state index contributed by atoms with van der Waals surface area (Å²) in [5.41, 5.74) is 0.532. The molecule has 0 aromatic carbocycles. The molecule has 23 heavy (non-hydrogen) atoms. The predicted octanol–water partition coefficient (Wildman–Crippen LogP) is 0.801. The normalized spacial score (nSPS) is 15.2. The van der Waals surface area contributed by atoms with Crippen molar-refractivity contribution in [1.82, 2.24) is 14.8 Å². The highest BCUT2D eigenvalue weighted by molar-refractivity contribution is 5.94. The maximum atomic E-state index is 12.5. The number of hydrogen-bond acceptors (Lipinski definition) is 5. The van der Waals surface area contributed by atoms with Crippen LogP contribution < -0.4 is 4.74 Å². The number of ether oxygens (including phenoxy) is 2. The lowest BCUT2D eigenvalue weighted by Gasteiger charge is -2.22. The lowest BCUT2D eigenvalue weighted by Crippen LogP contribution is -2.37. The Morgan fingerprint density at radius 3 is 2.52 bits per heavy atom. The van der Waals surface area contributed by atoms with Gasteiger partial charge in [-0.05, 0) is 12.5 Å². The summed E-state index contributed by atoms with van der Waals surface area (Å²) in [4.78, 5) is 32.2. The number of aromatic nitrogens is 1. The molecule has 1 aromatic heterocycles. The number of hydrogen-bond donors (Lipinski definition) is 0. The predicted molar refractivity (Wildman–Crippen MR) is 84.4 cm³/mol. The van der Waals surface area contributed by atoms with Crippen LogP contribution in [0.4, 0.5) is 0 Å². The molecule has 0 unspecified atom stereocenters. The van der Waals surface area contributed by atoms with Gasteiger partial charge >= 0.3 is 0 Å². The second-order valence-corrected chi connectivity index (χ2v) is 5.36. The molecule has 2 rings (SSSR count). The third-order valence-corrected chi connectivity index (χ3v) is 3.85. The van der Waals surface area contributed by atoms with E-state index in [1.54, 1.807) is 29.0 Å². The number of carbonyl (C=O) groups is 2. The molecule has 126 valence electrons. The van der Waals surface area contributed by atoms with Gasteiger partial charge in [-0.2, -0.15) is 0 Å². The molecule has 2 amide bonds. The summed E-state index contributed by atoms with van der Waals surface area (Å²) < 4.78 is 9.94. The number of amides is 2. The number of nitrogens with zero attached hydrogens (tertiary/aromatic N) is 3. The van der Waals surface area contributed by atoms with Crippen molar-refractivity contribution in [3.8, 4) is 5.88 Å². The fraction of sp³-hybridized carbons (Fsp3) is 0.562. The Kier molecular flexibility index (Phi) is 6.34. The smallest absolute Gasteiger partial charge is 0.255 e. The highest BCUT2D eigenvalue weighted by atomic mass is 16.5. The summed E-state index contributed by atoms with van der Waals surface area (Å²) in [6, 6.07) is 3.38. The molecule has 7 heteroatoms. The molecule has 0 atom stereocenters. The molecule has 1 saturated heterocycles. The minimum Gasteiger partial charge on any atom is -0.481 e. The van der Waals surface area contributed by atoms with E-state index in [0.29, 0.717) is 50.7 Å². The molecule has 1 fully saturated rings. The van der Waals surface area contributed by atoms with Gasteiger partial charge in [0.1, 0.15) is 0 Å². The third-order valence-electron chi connectivity index (χ3n) is 3.85. The zero-order valence-corrected chi connectivity index (χ0v) is 13.7. The first kappa shape index (κ1) is 17.2. The van der Waals surface area contributed by atoms with Gasteiger partial charge in [-0.15, -0.1) is 0 Å². The summed E-state index contributed by atoms with van der Waals surface area (Å²) >= 11 is 0. The Morgan fingerprint density at radius 1 is 1.13 bits per heavy atom. The number of pyridine rings is 1. The largest absolute Gasteiger partial charge is 0.481 e. The molecule has 2 heterocycles. The molecule has 0 bridgehead atoms. The Balaban J connectivity index is 1.93. The van der Waals surface area contributed by atoms with Gasteiger partial charge in [0, 0.05) is 45.6 Å². The van der Waals surface area contributed by atoms with Crippen LogP contribution in [-0.4, -0.2) is 73.6 Å². The van der Waals surface area contributed by atoms with E-state index in [1.807, 2.05) is 0 Å². The first-order valence-electron chi connectivity index (χ1n) is 7.71. The van der Waals surface area contributed by atoms with Crippen LogP contribution in [-0.2, 0) is 9.53 Å². The number of carbonyl (C=O) groups excluding carboxylic acids is 2. The van der Waals surface area contributed by atoms with E-state index in [2.05, 4.69) is 4.98 Å². The summed E-state index contributed by atoms with van der Waals surface area (Å²) in [6.45, 7) is 2.82. The minimum atomic E-state index is -0.0636. The Bertz CT molecular complexity index is 533. The minimum absolute atomic E-state index is 0.0636. The first-order valence-corrected chi connectivity index (χ1v) is 7.71. The molecular formula is C16H23N3O4. The molecule has 0 saturated carbocycles. The van der Waals surface area contributed by atoms with Gasteiger partial charge in [0.15, 0.2) is 0 Å². The number of rotatable bonds is 5. The van der Waals surface area contributed by atoms with Crippen molar-refractivity contribution >= 4 is 11.8 Å². The summed E-state index contributed by atoms with van der Waals surface area (Å²) in [6.07, 6.45) is 2.68. The summed E-state index contributed by atoms with van der Waals surface area (Å²) in [7, 11) is 3.12. The Labute approximate surface area is 136 Å². The standard InChI is InChI=1S/C16H23N3O4/c1-22-11-6-15(20)18-7-3-8-19(10-9-18)16(21)13-4-5-14(23-2)17-12-13/h4-5,12H,3,6-11H2,1-2H3. The molecular weight excluding hydrogens is 298 g/mol. The van der Waals surface area contributed by atoms with Crippen LogP contribution in [0.3, 0.4) is 0 Å². The Morgan fingerprint density at radius 2 is 1.87 bits per heavy atom. The van der Waals surface area contributed by atoms with Crippen LogP contribution in [0, 0.1) is 0 Å². The molecule has 0 radical (unpaired) electrons. The summed E-state index contributed by atoms with van der Waals surface area (Å²) in [5.74, 6) is 0.492. The zero-order valence-electron chi connectivity index (χ0n) is 13.7. The molecule has 0 aliphatic carbocycles. The van der Waals surface area contributed by atoms with E-state index < -0.39 is 0 Å². The van der Waals surface area contributed by atoms with Crippen LogP contribution >= 0.6 is 0 Å². The van der Waals surface area contributed by atoms with Crippen LogP contribution in [0.5, 0.6) is 5.88 Å². The fourth-order valence-corrected chi connectivity index (χ4v) is 2.53. The van der Waals surface area contributed by atoms with Gasteiger partial charge in [0.2, 0.25) is 11.8 Å². The van der Waals surface area contributed by atoms with Crippen molar-refractivity contribution in [2.24, 2.45) is 0 Å². The van der Waals surface area contributed by atoms with Crippen molar-refractivity contribution in [2.45, 2.75) is 12.8 Å². The average Bonchev–Trinajstić information content (AvgIpc) is 2.85. The van der Waals surface area contributed by atoms with Crippen molar-refractivity contribution in [1.29, 1.82) is 0 Å². The second kappa shape index (κ2) is 8.47. The van der Waals surface area contributed by atoms with Crippen molar-refractivity contribution in [2.75, 3.05) is 47.0 Å². The maximum Gasteiger partial charge on any atom is 0.255 e. The van der Waals surface area contributed by atoms with E-state index >= 15 is 0 Å². The van der Waals surface area contributed by atoms with Gasteiger partial charge < -0.3 is 19.3 Å². The first-order chi connectivity index (χ1) is 11.2. The number of methoxy groups -OCH3 is 2. The van der Waals surface area contributed by atoms with Crippen LogP contribution in [0.1, 0.15) is 23.2 Å². The molecule has 0 N–H and O–H groups in total. The lowest BCUT2D eigenvalue weighted by molar-refractivity contribution is -0.132. The van der Waals surface area contributed by atoms with Gasteiger partial charge in [-0.25, -0.2) is 4.98 Å². The van der Waals surface area contributed by atoms with E-state index in [0.717, 1.165) is 6.42 Å². The van der Waals surface area contributed by atoms with Crippen molar-refractivity contribution in [3.05, 3.63) is 23.9 Å². The van der Waals surface area contributed by atoms with E-state index in [9.17, 15) is 9.59 Å². The second-order valence-electron chi connectivity index (χ2n) is 5.36. The highest BCUT2D eigenvalue weighted by Gasteiger charge is 2.22. The third kappa shape index (κ3) is 4.66. The zero-order chi connectivity index (χ0) is 16.7. The Hall–Kier alpha value is -2.15. The van der Waals surface area contributed by atoms with Crippen molar-refractivity contribution < 1.29 is 19.1 Å². The quantitative estimate of drug-likeness (QED) is 0.802. The summed E-state index contributed by atoms with van der Waals surface area (Å²) in [5, 5.41) is 0. The van der Waals surface area contributed by atoms with Crippen LogP contribution in [0.15, 0.2) is 18.3 Å². The highest BCUT2D eigenvalue weighted by Crippen LogP contribution is 2.12. The molecule has 1 aromatic rings. The van der Waals surface area contributed by atoms with Gasteiger partial charge in [-0.3, -0.25) is 9.59 Å². The van der Waals surface area contributed by atoms with Gasteiger partial charge in [0.25, 0.3) is 5.91 Å². The van der Waals surface area contributed by atoms with Crippen LogP contribution in [0.25, 0.3) is 0 Å². The monoisotopic (exact) mass is 321 g/mol. The SMILES string of the molecule is COCCC(=O)N1CCCN(C(=O)c2ccc(OC)nc2)CC1. The van der Waals surface area contributed by atoms with E-state index in [1.165, 1.54) is 13.3 Å². The lowest BCUT2D eigenvalue weighted by atomic mass is 10.2. The average molecular weight is 321 g/mol. The van der Waals surface area contributed by atoms with Crippen molar-refractivity contribution in [3.63, 3.8) is 0 Å². The molecule has 1 aliphatic rings. The maximum absolute atomic E-state index is 12.5. The molecule has 0 spiro atoms.